The molecule has 0 aliphatic heterocycles. The third kappa shape index (κ3) is 2.24. The van der Waals surface area contributed by atoms with Gasteiger partial charge in [0.15, 0.2) is 0 Å². The van der Waals surface area contributed by atoms with Gasteiger partial charge in [-0.05, 0) is 5.41 Å². The van der Waals surface area contributed by atoms with Crippen LogP contribution in [0.25, 0.3) is 0 Å². The summed E-state index contributed by atoms with van der Waals surface area (Å²) in [6.07, 6.45) is 0. The van der Waals surface area contributed by atoms with Crippen molar-refractivity contribution in [1.82, 2.24) is 0 Å². The minimum atomic E-state index is -0.0175. The SMILES string of the molecule is [CH3][Mg][c]1ccccc1C(C)(C)C. The topological polar surface area (TPSA) is 0 Å². The van der Waals surface area contributed by atoms with Crippen LogP contribution in [0.2, 0.25) is 5.05 Å². The van der Waals surface area contributed by atoms with Crippen molar-refractivity contribution in [2.24, 2.45) is 0 Å². The number of hydrogen-bond acceptors (Lipinski definition) is 0. The highest BCUT2D eigenvalue weighted by Gasteiger charge is 2.15. The summed E-state index contributed by atoms with van der Waals surface area (Å²) in [7, 11) is 0. The molecular weight excluding hydrogens is 156 g/mol. The molecule has 1 rings (SSSR count). The maximum atomic E-state index is 2.35. The Hall–Kier alpha value is -0.0138. The Balaban J connectivity index is 3.14. The lowest BCUT2D eigenvalue weighted by atomic mass is 9.87. The second-order valence-electron chi connectivity index (χ2n) is 4.26. The summed E-state index contributed by atoms with van der Waals surface area (Å²) in [4.78, 5) is 0. The second kappa shape index (κ2) is 3.80. The first-order chi connectivity index (χ1) is 5.55. The van der Waals surface area contributed by atoms with E-state index in [4.69, 9.17) is 0 Å². The van der Waals surface area contributed by atoms with Gasteiger partial charge in [0.2, 0.25) is 0 Å². The number of hydrogen-bond donors (Lipinski definition) is 0. The van der Waals surface area contributed by atoms with E-state index >= 15 is 0 Å². The highest BCUT2D eigenvalue weighted by atomic mass is 24.5. The van der Waals surface area contributed by atoms with Crippen LogP contribution in [0, 0.1) is 0 Å². The lowest BCUT2D eigenvalue weighted by molar-refractivity contribution is 0.594. The number of rotatable bonds is 1. The zero-order valence-corrected chi connectivity index (χ0v) is 9.93. The van der Waals surface area contributed by atoms with Gasteiger partial charge in [-0.1, -0.05) is 50.6 Å². The Kier molecular flexibility index (Phi) is 3.19. The molecule has 0 aliphatic rings. The average molecular weight is 173 g/mol. The third-order valence-corrected chi connectivity index (χ3v) is 3.58. The Morgan fingerprint density at radius 2 is 1.67 bits per heavy atom. The summed E-state index contributed by atoms with van der Waals surface area (Å²) >= 11 is -0.0175. The van der Waals surface area contributed by atoms with Crippen molar-refractivity contribution in [3.8, 4) is 0 Å². The molecule has 0 radical (unpaired) electrons. The van der Waals surface area contributed by atoms with E-state index in [9.17, 15) is 0 Å². The monoisotopic (exact) mass is 172 g/mol. The Labute approximate surface area is 85.1 Å². The van der Waals surface area contributed by atoms with Gasteiger partial charge < -0.3 is 0 Å². The summed E-state index contributed by atoms with van der Waals surface area (Å²) in [5, 5.41) is 2.35. The van der Waals surface area contributed by atoms with Crippen molar-refractivity contribution in [1.29, 1.82) is 0 Å². The maximum absolute atomic E-state index is 2.35. The molecule has 0 aromatic heterocycles. The molecule has 0 aliphatic carbocycles. The first kappa shape index (κ1) is 10.1. The molecule has 0 bridgehead atoms. The molecule has 0 atom stereocenters. The fourth-order valence-corrected chi connectivity index (χ4v) is 2.96. The Bertz CT molecular complexity index is 258. The van der Waals surface area contributed by atoms with Gasteiger partial charge in [0.25, 0.3) is 0 Å². The van der Waals surface area contributed by atoms with E-state index in [1.54, 1.807) is 9.26 Å². The normalized spacial score (nSPS) is 11.0. The van der Waals surface area contributed by atoms with Crippen LogP contribution in [0.1, 0.15) is 26.3 Å². The van der Waals surface area contributed by atoms with Crippen molar-refractivity contribution in [3.63, 3.8) is 0 Å². The van der Waals surface area contributed by atoms with Gasteiger partial charge in [0.05, 0.1) is 0 Å². The van der Waals surface area contributed by atoms with Crippen LogP contribution >= 0.6 is 0 Å². The van der Waals surface area contributed by atoms with E-state index in [2.05, 4.69) is 50.1 Å². The van der Waals surface area contributed by atoms with Crippen molar-refractivity contribution < 1.29 is 0 Å². The lowest BCUT2D eigenvalue weighted by Crippen LogP contribution is -2.25. The minimum Gasteiger partial charge on any atom is -0.171 e. The van der Waals surface area contributed by atoms with Gasteiger partial charge in [-0.15, -0.1) is 5.05 Å². The van der Waals surface area contributed by atoms with Gasteiger partial charge in [-0.2, -0.15) is 3.69 Å². The highest BCUT2D eigenvalue weighted by molar-refractivity contribution is 6.52. The van der Waals surface area contributed by atoms with E-state index < -0.39 is 0 Å². The zero-order valence-electron chi connectivity index (χ0n) is 8.52. The van der Waals surface area contributed by atoms with Crippen LogP contribution in [-0.4, -0.2) is 20.4 Å². The molecule has 1 heteroatoms. The molecule has 0 nitrogen and oxygen atoms in total. The predicted molar refractivity (Wildman–Crippen MR) is 56.4 cm³/mol. The zero-order chi connectivity index (χ0) is 9.19. The quantitative estimate of drug-likeness (QED) is 0.571. The van der Waals surface area contributed by atoms with E-state index in [0.29, 0.717) is 5.41 Å². The van der Waals surface area contributed by atoms with Gasteiger partial charge in [-0.3, -0.25) is 0 Å². The molecule has 1 aromatic carbocycles. The van der Waals surface area contributed by atoms with Crippen molar-refractivity contribution in [2.45, 2.75) is 31.2 Å². The molecule has 12 heavy (non-hydrogen) atoms. The van der Waals surface area contributed by atoms with Crippen LogP contribution in [-0.2, 0) is 5.41 Å². The van der Waals surface area contributed by atoms with E-state index in [1.165, 1.54) is 0 Å². The molecule has 0 fully saturated rings. The summed E-state index contributed by atoms with van der Waals surface area (Å²) in [6.45, 7) is 6.86. The van der Waals surface area contributed by atoms with Gasteiger partial charge in [0, 0.05) is 0 Å². The Morgan fingerprint density at radius 3 is 2.08 bits per heavy atom. The second-order valence-corrected chi connectivity index (χ2v) is 5.73. The average Bonchev–Trinajstić information content (AvgIpc) is 2.03. The molecule has 1 aromatic rings. The Morgan fingerprint density at radius 1 is 1.08 bits per heavy atom. The summed E-state index contributed by atoms with van der Waals surface area (Å²) in [5.74, 6) is 0. The summed E-state index contributed by atoms with van der Waals surface area (Å²) in [6, 6.07) is 8.86. The first-order valence-electron chi connectivity index (χ1n) is 4.64. The molecule has 0 N–H and O–H groups in total. The van der Waals surface area contributed by atoms with Crippen molar-refractivity contribution >= 4 is 24.1 Å². The molecular formula is C11H16Mg. The molecule has 0 unspecified atom stereocenters. The fourth-order valence-electron chi connectivity index (χ4n) is 1.56. The minimum absolute atomic E-state index is 0.0175. The van der Waals surface area contributed by atoms with Crippen LogP contribution in [0.4, 0.5) is 0 Å². The van der Waals surface area contributed by atoms with Crippen molar-refractivity contribution in [2.75, 3.05) is 0 Å². The molecule has 0 amide bonds. The number of benzene rings is 1. The molecule has 62 valence electrons. The third-order valence-electron chi connectivity index (χ3n) is 2.21. The van der Waals surface area contributed by atoms with Crippen LogP contribution in [0.15, 0.2) is 24.3 Å². The predicted octanol–water partition coefficient (Wildman–Crippen LogP) is 2.36. The van der Waals surface area contributed by atoms with Crippen LogP contribution in [0.5, 0.6) is 0 Å². The van der Waals surface area contributed by atoms with Crippen LogP contribution in [0.3, 0.4) is 0 Å². The van der Waals surface area contributed by atoms with E-state index in [-0.39, 0.29) is 20.4 Å². The van der Waals surface area contributed by atoms with Crippen LogP contribution < -0.4 is 3.69 Å². The molecule has 0 spiro atoms. The molecule has 0 heterocycles. The molecule has 0 saturated carbocycles. The summed E-state index contributed by atoms with van der Waals surface area (Å²) < 4.78 is 1.62. The van der Waals surface area contributed by atoms with Crippen molar-refractivity contribution in [3.05, 3.63) is 29.8 Å². The van der Waals surface area contributed by atoms with Gasteiger partial charge in [-0.25, -0.2) is 0 Å². The first-order valence-corrected chi connectivity index (χ1v) is 6.76. The van der Waals surface area contributed by atoms with Gasteiger partial charge in [0.1, 0.15) is 0 Å². The summed E-state index contributed by atoms with van der Waals surface area (Å²) in [5.41, 5.74) is 1.86. The largest absolute Gasteiger partial charge is 0.405 e. The van der Waals surface area contributed by atoms with E-state index in [1.807, 2.05) is 0 Å². The van der Waals surface area contributed by atoms with E-state index in [0.717, 1.165) is 0 Å². The molecule has 0 saturated heterocycles. The fraction of sp³-hybridized carbons (Fsp3) is 0.455. The smallest absolute Gasteiger partial charge is 0.171 e. The maximum Gasteiger partial charge on any atom is 0.405 e. The lowest BCUT2D eigenvalue weighted by Gasteiger charge is -2.23. The van der Waals surface area contributed by atoms with Gasteiger partial charge >= 0.3 is 20.4 Å². The standard InChI is InChI=1S/C10H13.CH3.Mg/c1-10(2,3)9-7-5-4-6-8-9;;/h4-7H,1-3H3;1H3;. The highest BCUT2D eigenvalue weighted by Crippen LogP contribution is 2.19.